The number of benzene rings is 2. The van der Waals surface area contributed by atoms with Crippen molar-refractivity contribution in [2.24, 2.45) is 5.73 Å². The van der Waals surface area contributed by atoms with E-state index in [1.165, 1.54) is 24.1 Å². The Morgan fingerprint density at radius 2 is 1.97 bits per heavy atom. The van der Waals surface area contributed by atoms with Crippen molar-refractivity contribution in [2.45, 2.75) is 13.0 Å². The molecule has 0 aliphatic carbocycles. The number of carbonyl (C=O) groups is 3. The molecule has 5 N–H and O–H groups in total. The van der Waals surface area contributed by atoms with E-state index in [1.807, 2.05) is 0 Å². The van der Waals surface area contributed by atoms with Crippen molar-refractivity contribution in [3.05, 3.63) is 84.9 Å². The quantitative estimate of drug-likeness (QED) is 0.397. The highest BCUT2D eigenvalue weighted by Crippen LogP contribution is 2.29. The summed E-state index contributed by atoms with van der Waals surface area (Å²) in [6, 6.07) is 10.7. The molecular weight excluding hydrogens is 465 g/mol. The van der Waals surface area contributed by atoms with Gasteiger partial charge < -0.3 is 26.4 Å². The molecule has 1 saturated heterocycles. The van der Waals surface area contributed by atoms with E-state index in [0.717, 1.165) is 5.57 Å². The van der Waals surface area contributed by atoms with Crippen LogP contribution in [0.1, 0.15) is 6.92 Å². The van der Waals surface area contributed by atoms with Crippen LogP contribution in [0.3, 0.4) is 0 Å². The van der Waals surface area contributed by atoms with Gasteiger partial charge in [0.15, 0.2) is 0 Å². The first-order chi connectivity index (χ1) is 17.3. The van der Waals surface area contributed by atoms with Gasteiger partial charge in [-0.25, -0.2) is 14.0 Å². The van der Waals surface area contributed by atoms with Gasteiger partial charge in [0.05, 0.1) is 18.8 Å². The predicted octanol–water partition coefficient (Wildman–Crippen LogP) is 3.66. The summed E-state index contributed by atoms with van der Waals surface area (Å²) in [5.41, 5.74) is 7.99. The van der Waals surface area contributed by atoms with Gasteiger partial charge in [0.2, 0.25) is 5.91 Å². The Balaban J connectivity index is 1.62. The Morgan fingerprint density at radius 1 is 1.22 bits per heavy atom. The van der Waals surface area contributed by atoms with E-state index in [0.29, 0.717) is 22.5 Å². The van der Waals surface area contributed by atoms with Crippen LogP contribution in [0.5, 0.6) is 0 Å². The second-order valence-corrected chi connectivity index (χ2v) is 7.94. The van der Waals surface area contributed by atoms with Gasteiger partial charge >= 0.3 is 12.1 Å². The van der Waals surface area contributed by atoms with E-state index in [-0.39, 0.29) is 25.5 Å². The lowest BCUT2D eigenvalue weighted by Gasteiger charge is -2.15. The topological polar surface area (TPSA) is 126 Å². The number of carbonyl (C=O) groups excluding carboxylic acids is 3. The maximum absolute atomic E-state index is 14.9. The van der Waals surface area contributed by atoms with Crippen molar-refractivity contribution >= 4 is 29.4 Å². The molecule has 0 saturated carbocycles. The SMILES string of the molecule is C=C/C=C(\C=C/N)CNC(=O)Nc1ccc(-c2ccc(N3C[C@H](CNC(C)=O)OC3=O)cc2F)cc1. The van der Waals surface area contributed by atoms with Gasteiger partial charge in [-0.2, -0.15) is 0 Å². The molecule has 2 aromatic carbocycles. The maximum atomic E-state index is 14.9. The minimum Gasteiger partial charge on any atom is -0.442 e. The lowest BCUT2D eigenvalue weighted by atomic mass is 10.0. The Kier molecular flexibility index (Phi) is 8.82. The maximum Gasteiger partial charge on any atom is 0.414 e. The molecule has 4 amide bonds. The van der Waals surface area contributed by atoms with Crippen LogP contribution < -0.4 is 26.6 Å². The number of nitrogens with zero attached hydrogens (tertiary/aromatic N) is 1. The van der Waals surface area contributed by atoms with Gasteiger partial charge in [0, 0.05) is 24.7 Å². The second kappa shape index (κ2) is 12.2. The standard InChI is InChI=1S/C26H28FN5O4/c1-3-4-18(11-12-28)14-30-25(34)31-20-7-5-19(6-8-20)23-10-9-21(13-24(23)27)32-16-22(36-26(32)35)15-29-17(2)33/h3-13,22H,1,14-16,28H2,2H3,(H,29,33)(H2,30,31,34)/b12-11-,18-4+/t22-/m0/s1. The van der Waals surface area contributed by atoms with Gasteiger partial charge in [0.1, 0.15) is 11.9 Å². The van der Waals surface area contributed by atoms with E-state index in [9.17, 15) is 18.8 Å². The van der Waals surface area contributed by atoms with E-state index in [1.54, 1.807) is 54.6 Å². The van der Waals surface area contributed by atoms with E-state index < -0.39 is 24.0 Å². The minimum atomic E-state index is -0.600. The van der Waals surface area contributed by atoms with Gasteiger partial charge in [-0.3, -0.25) is 9.69 Å². The third kappa shape index (κ3) is 6.95. The fourth-order valence-electron chi connectivity index (χ4n) is 3.54. The normalized spacial score (nSPS) is 15.5. The smallest absolute Gasteiger partial charge is 0.414 e. The number of cyclic esters (lactones) is 1. The molecule has 9 nitrogen and oxygen atoms in total. The van der Waals surface area contributed by atoms with Crippen LogP contribution in [0.15, 0.2) is 79.0 Å². The molecule has 10 heteroatoms. The Hall–Kier alpha value is -4.60. The number of urea groups is 1. The average molecular weight is 494 g/mol. The number of allylic oxidation sites excluding steroid dienone is 2. The van der Waals surface area contributed by atoms with Crippen molar-refractivity contribution < 1.29 is 23.5 Å². The van der Waals surface area contributed by atoms with Crippen LogP contribution in [0.4, 0.5) is 25.4 Å². The number of halogens is 1. The van der Waals surface area contributed by atoms with Crippen molar-refractivity contribution in [3.63, 3.8) is 0 Å². The number of ether oxygens (including phenoxy) is 1. The molecule has 188 valence electrons. The summed E-state index contributed by atoms with van der Waals surface area (Å²) in [5.74, 6) is -0.741. The molecule has 1 aliphatic heterocycles. The van der Waals surface area contributed by atoms with Gasteiger partial charge in [-0.15, -0.1) is 0 Å². The molecule has 0 radical (unpaired) electrons. The predicted molar refractivity (Wildman–Crippen MR) is 137 cm³/mol. The van der Waals surface area contributed by atoms with Crippen molar-refractivity contribution in [2.75, 3.05) is 29.9 Å². The van der Waals surface area contributed by atoms with Gasteiger partial charge in [0.25, 0.3) is 0 Å². The first-order valence-electron chi connectivity index (χ1n) is 11.2. The number of hydrogen-bond donors (Lipinski definition) is 4. The Morgan fingerprint density at radius 3 is 2.61 bits per heavy atom. The van der Waals surface area contributed by atoms with Crippen molar-refractivity contribution in [1.29, 1.82) is 0 Å². The lowest BCUT2D eigenvalue weighted by Crippen LogP contribution is -2.33. The fourth-order valence-corrected chi connectivity index (χ4v) is 3.54. The monoisotopic (exact) mass is 493 g/mol. The lowest BCUT2D eigenvalue weighted by molar-refractivity contribution is -0.119. The van der Waals surface area contributed by atoms with Crippen LogP contribution in [-0.4, -0.2) is 43.8 Å². The van der Waals surface area contributed by atoms with E-state index in [2.05, 4.69) is 22.5 Å². The summed E-state index contributed by atoms with van der Waals surface area (Å²) in [5, 5.41) is 8.02. The van der Waals surface area contributed by atoms with Crippen LogP contribution in [0.2, 0.25) is 0 Å². The molecule has 0 aromatic heterocycles. The van der Waals surface area contributed by atoms with Crippen molar-refractivity contribution in [1.82, 2.24) is 10.6 Å². The summed E-state index contributed by atoms with van der Waals surface area (Å²) in [6.07, 6.45) is 5.26. The van der Waals surface area contributed by atoms with Gasteiger partial charge in [-0.05, 0) is 53.7 Å². The summed E-state index contributed by atoms with van der Waals surface area (Å²) in [4.78, 5) is 36.7. The fraction of sp³-hybridized carbons (Fsp3) is 0.192. The molecule has 1 heterocycles. The van der Waals surface area contributed by atoms with Crippen LogP contribution >= 0.6 is 0 Å². The minimum absolute atomic E-state index is 0.188. The van der Waals surface area contributed by atoms with E-state index >= 15 is 0 Å². The number of rotatable bonds is 9. The highest BCUT2D eigenvalue weighted by molar-refractivity contribution is 5.91. The molecular formula is C26H28FN5O4. The molecule has 0 spiro atoms. The number of anilines is 2. The zero-order valence-corrected chi connectivity index (χ0v) is 19.8. The molecule has 0 unspecified atom stereocenters. The first-order valence-corrected chi connectivity index (χ1v) is 11.2. The third-order valence-electron chi connectivity index (χ3n) is 5.27. The number of nitrogens with one attached hydrogen (secondary N) is 3. The molecule has 0 bridgehead atoms. The molecule has 1 aliphatic rings. The summed E-state index contributed by atoms with van der Waals surface area (Å²) >= 11 is 0. The molecule has 2 aromatic rings. The molecule has 36 heavy (non-hydrogen) atoms. The van der Waals surface area contributed by atoms with Crippen LogP contribution in [0, 0.1) is 5.82 Å². The highest BCUT2D eigenvalue weighted by atomic mass is 19.1. The summed E-state index contributed by atoms with van der Waals surface area (Å²) < 4.78 is 20.2. The number of amides is 4. The third-order valence-corrected chi connectivity index (χ3v) is 5.27. The molecule has 1 atom stereocenters. The van der Waals surface area contributed by atoms with E-state index in [4.69, 9.17) is 10.5 Å². The Labute approximate surface area is 208 Å². The number of hydrogen-bond acceptors (Lipinski definition) is 5. The van der Waals surface area contributed by atoms with Crippen LogP contribution in [-0.2, 0) is 9.53 Å². The first kappa shape index (κ1) is 26.0. The van der Waals surface area contributed by atoms with Gasteiger partial charge in [-0.1, -0.05) is 30.9 Å². The zero-order chi connectivity index (χ0) is 26.1. The molecule has 3 rings (SSSR count). The van der Waals surface area contributed by atoms with Crippen molar-refractivity contribution in [3.8, 4) is 11.1 Å². The summed E-state index contributed by atoms with van der Waals surface area (Å²) in [7, 11) is 0. The number of nitrogens with two attached hydrogens (primary N) is 1. The molecule has 1 fully saturated rings. The van der Waals surface area contributed by atoms with Crippen LogP contribution in [0.25, 0.3) is 11.1 Å². The Bertz CT molecular complexity index is 1190. The second-order valence-electron chi connectivity index (χ2n) is 7.94. The summed E-state index contributed by atoms with van der Waals surface area (Å²) in [6.45, 7) is 5.65. The average Bonchev–Trinajstić information content (AvgIpc) is 3.22. The largest absolute Gasteiger partial charge is 0.442 e. The highest BCUT2D eigenvalue weighted by Gasteiger charge is 2.32. The zero-order valence-electron chi connectivity index (χ0n) is 19.8.